The molecule has 1 aromatic rings. The Balaban J connectivity index is 1.56. The molecule has 2 aliphatic heterocycles. The maximum atomic E-state index is 12.6. The van der Waals surface area contributed by atoms with Crippen molar-refractivity contribution in [2.75, 3.05) is 23.7 Å². The monoisotopic (exact) mass is 386 g/mol. The summed E-state index contributed by atoms with van der Waals surface area (Å²) in [6.45, 7) is 10.2. The van der Waals surface area contributed by atoms with E-state index in [1.54, 1.807) is 0 Å². The number of amides is 4. The molecule has 0 saturated carbocycles. The molecule has 6 heteroatoms. The third-order valence-corrected chi connectivity index (χ3v) is 6.66. The second-order valence-electron chi connectivity index (χ2n) is 8.54. The predicted octanol–water partition coefficient (Wildman–Crippen LogP) is 4.99. The van der Waals surface area contributed by atoms with Gasteiger partial charge in [0.05, 0.1) is 0 Å². The first-order valence-corrected chi connectivity index (χ1v) is 10.6. The number of hydrogen-bond acceptors (Lipinski definition) is 2. The largest absolute Gasteiger partial charge is 0.322 e. The molecule has 2 N–H and O–H groups in total. The van der Waals surface area contributed by atoms with Crippen LogP contribution in [0.3, 0.4) is 0 Å². The van der Waals surface area contributed by atoms with Crippen LogP contribution in [-0.2, 0) is 0 Å². The summed E-state index contributed by atoms with van der Waals surface area (Å²) in [5.74, 6) is 1.05. The highest BCUT2D eigenvalue weighted by Crippen LogP contribution is 2.25. The number of benzene rings is 1. The van der Waals surface area contributed by atoms with Crippen LogP contribution in [0.25, 0.3) is 0 Å². The van der Waals surface area contributed by atoms with E-state index in [2.05, 4.69) is 38.3 Å². The molecule has 3 rings (SSSR count). The van der Waals surface area contributed by atoms with Crippen molar-refractivity contribution in [2.24, 2.45) is 11.8 Å². The molecule has 0 spiro atoms. The summed E-state index contributed by atoms with van der Waals surface area (Å²) in [5, 5.41) is 5.97. The number of nitrogens with one attached hydrogen (secondary N) is 2. The van der Waals surface area contributed by atoms with Crippen molar-refractivity contribution in [1.29, 1.82) is 0 Å². The minimum absolute atomic E-state index is 0.0491. The van der Waals surface area contributed by atoms with E-state index in [-0.39, 0.29) is 24.1 Å². The minimum atomic E-state index is -0.0491. The number of carbonyl (C=O) groups is 2. The van der Waals surface area contributed by atoms with Crippen molar-refractivity contribution in [3.63, 3.8) is 0 Å². The zero-order valence-corrected chi connectivity index (χ0v) is 17.6. The molecular formula is C22H34N4O2. The lowest BCUT2D eigenvalue weighted by atomic mass is 9.92. The first-order chi connectivity index (χ1) is 13.4. The van der Waals surface area contributed by atoms with Gasteiger partial charge in [0.25, 0.3) is 0 Å². The molecule has 0 aromatic heterocycles. The minimum Gasteiger partial charge on any atom is -0.322 e. The van der Waals surface area contributed by atoms with Gasteiger partial charge in [-0.1, -0.05) is 13.8 Å². The molecule has 2 fully saturated rings. The van der Waals surface area contributed by atoms with Gasteiger partial charge >= 0.3 is 12.1 Å². The van der Waals surface area contributed by atoms with Gasteiger partial charge in [-0.25, -0.2) is 9.59 Å². The zero-order valence-electron chi connectivity index (χ0n) is 17.6. The van der Waals surface area contributed by atoms with Crippen molar-refractivity contribution < 1.29 is 9.59 Å². The van der Waals surface area contributed by atoms with Crippen LogP contribution in [-0.4, -0.2) is 47.0 Å². The number of carbonyl (C=O) groups excluding carboxylic acids is 2. The van der Waals surface area contributed by atoms with Crippen LogP contribution in [0.4, 0.5) is 21.0 Å². The third-order valence-electron chi connectivity index (χ3n) is 6.66. The molecule has 0 bridgehead atoms. The molecule has 154 valence electrons. The highest BCUT2D eigenvalue weighted by molar-refractivity contribution is 5.92. The van der Waals surface area contributed by atoms with E-state index < -0.39 is 0 Å². The summed E-state index contributed by atoms with van der Waals surface area (Å²) in [6.07, 6.45) is 4.45. The number of urea groups is 2. The number of hydrogen-bond donors (Lipinski definition) is 2. The molecule has 0 aliphatic carbocycles. The number of likely N-dealkylation sites (tertiary alicyclic amines) is 2. The van der Waals surface area contributed by atoms with Crippen molar-refractivity contribution in [3.8, 4) is 0 Å². The van der Waals surface area contributed by atoms with Crippen molar-refractivity contribution in [2.45, 2.75) is 65.5 Å². The number of rotatable bonds is 2. The first-order valence-electron chi connectivity index (χ1n) is 10.6. The average molecular weight is 387 g/mol. The highest BCUT2D eigenvalue weighted by atomic mass is 16.2. The molecule has 4 atom stereocenters. The van der Waals surface area contributed by atoms with Crippen molar-refractivity contribution in [1.82, 2.24) is 9.80 Å². The van der Waals surface area contributed by atoms with Crippen molar-refractivity contribution in [3.05, 3.63) is 24.3 Å². The third kappa shape index (κ3) is 4.59. The van der Waals surface area contributed by atoms with E-state index in [1.165, 1.54) is 12.8 Å². The van der Waals surface area contributed by atoms with Crippen LogP contribution in [0, 0.1) is 11.8 Å². The van der Waals surface area contributed by atoms with Gasteiger partial charge in [-0.15, -0.1) is 0 Å². The zero-order chi connectivity index (χ0) is 20.3. The summed E-state index contributed by atoms with van der Waals surface area (Å²) >= 11 is 0. The molecule has 2 heterocycles. The summed E-state index contributed by atoms with van der Waals surface area (Å²) in [4.78, 5) is 29.0. The molecule has 2 aliphatic rings. The molecule has 28 heavy (non-hydrogen) atoms. The number of anilines is 2. The molecule has 0 unspecified atom stereocenters. The Bertz CT molecular complexity index is 631. The lowest BCUT2D eigenvalue weighted by Gasteiger charge is -2.38. The van der Waals surface area contributed by atoms with Gasteiger partial charge in [0.1, 0.15) is 0 Å². The van der Waals surface area contributed by atoms with Crippen molar-refractivity contribution >= 4 is 23.4 Å². The smallest absolute Gasteiger partial charge is 0.322 e. The second kappa shape index (κ2) is 8.84. The molecule has 0 radical (unpaired) electrons. The Kier molecular flexibility index (Phi) is 6.47. The van der Waals surface area contributed by atoms with Gasteiger partial charge in [0, 0.05) is 36.5 Å². The average Bonchev–Trinajstić information content (AvgIpc) is 2.67. The van der Waals surface area contributed by atoms with Crippen LogP contribution >= 0.6 is 0 Å². The topological polar surface area (TPSA) is 64.7 Å². The predicted molar refractivity (Wildman–Crippen MR) is 114 cm³/mol. The van der Waals surface area contributed by atoms with E-state index >= 15 is 0 Å². The Morgan fingerprint density at radius 1 is 0.750 bits per heavy atom. The summed E-state index contributed by atoms with van der Waals surface area (Å²) in [5.41, 5.74) is 1.49. The molecule has 1 aromatic carbocycles. The Labute approximate surface area is 168 Å². The van der Waals surface area contributed by atoms with Gasteiger partial charge in [0.15, 0.2) is 0 Å². The second-order valence-corrected chi connectivity index (χ2v) is 8.54. The fourth-order valence-electron chi connectivity index (χ4n) is 4.27. The molecule has 6 nitrogen and oxygen atoms in total. The van der Waals surface area contributed by atoms with Crippen LogP contribution in [0.5, 0.6) is 0 Å². The number of nitrogens with zero attached hydrogens (tertiary/aromatic N) is 2. The molecule has 4 amide bonds. The van der Waals surface area contributed by atoms with E-state index in [0.717, 1.165) is 37.3 Å². The van der Waals surface area contributed by atoms with E-state index in [0.29, 0.717) is 11.8 Å². The Morgan fingerprint density at radius 2 is 1.11 bits per heavy atom. The summed E-state index contributed by atoms with van der Waals surface area (Å²) in [7, 11) is 0. The van der Waals surface area contributed by atoms with E-state index in [1.807, 2.05) is 34.1 Å². The van der Waals surface area contributed by atoms with Gasteiger partial charge in [-0.3, -0.25) is 0 Å². The maximum absolute atomic E-state index is 12.6. The van der Waals surface area contributed by atoms with Gasteiger partial charge in [-0.05, 0) is 75.6 Å². The fraction of sp³-hybridized carbons (Fsp3) is 0.636. The van der Waals surface area contributed by atoms with Gasteiger partial charge in [0.2, 0.25) is 0 Å². The van der Waals surface area contributed by atoms with E-state index in [4.69, 9.17) is 0 Å². The van der Waals surface area contributed by atoms with Crippen LogP contribution in [0.1, 0.15) is 53.4 Å². The van der Waals surface area contributed by atoms with Crippen LogP contribution in [0.2, 0.25) is 0 Å². The van der Waals surface area contributed by atoms with Gasteiger partial charge in [-0.2, -0.15) is 0 Å². The highest BCUT2D eigenvalue weighted by Gasteiger charge is 2.29. The van der Waals surface area contributed by atoms with Crippen LogP contribution < -0.4 is 10.6 Å². The molecule has 2 saturated heterocycles. The number of piperidine rings is 2. The summed E-state index contributed by atoms with van der Waals surface area (Å²) < 4.78 is 0. The Hall–Kier alpha value is -2.24. The normalized spacial score (nSPS) is 28.0. The SMILES string of the molecule is C[C@@H]1CCCN(C(=O)Nc2ccc(NC(=O)N3CCC[C@H](C)[C@@H]3C)cc2)[C@H]1C. The maximum Gasteiger partial charge on any atom is 0.322 e. The molecular weight excluding hydrogens is 352 g/mol. The van der Waals surface area contributed by atoms with Gasteiger partial charge < -0.3 is 20.4 Å². The Morgan fingerprint density at radius 3 is 1.46 bits per heavy atom. The quantitative estimate of drug-likeness (QED) is 0.752. The lowest BCUT2D eigenvalue weighted by molar-refractivity contribution is 0.138. The standard InChI is InChI=1S/C22H34N4O2/c1-15-7-5-13-25(17(15)3)21(27)23-19-9-11-20(12-10-19)24-22(28)26-14-6-8-16(2)18(26)4/h9-12,15-18H,5-8,13-14H2,1-4H3,(H,23,27)(H,24,28)/t15-,16+,17-,18-/m0/s1. The van der Waals surface area contributed by atoms with Crippen LogP contribution in [0.15, 0.2) is 24.3 Å². The van der Waals surface area contributed by atoms with E-state index in [9.17, 15) is 9.59 Å². The lowest BCUT2D eigenvalue weighted by Crippen LogP contribution is -2.48. The summed E-state index contributed by atoms with van der Waals surface area (Å²) in [6, 6.07) is 7.77. The first kappa shape index (κ1) is 20.5. The fourth-order valence-corrected chi connectivity index (χ4v) is 4.27.